The highest BCUT2D eigenvalue weighted by atomic mass is 16.4. The van der Waals surface area contributed by atoms with E-state index >= 15 is 0 Å². The molecule has 1 fully saturated rings. The van der Waals surface area contributed by atoms with Crippen molar-refractivity contribution in [3.63, 3.8) is 0 Å². The summed E-state index contributed by atoms with van der Waals surface area (Å²) in [6.45, 7) is 0.980. The lowest BCUT2D eigenvalue weighted by Gasteiger charge is -2.29. The summed E-state index contributed by atoms with van der Waals surface area (Å²) in [4.78, 5) is 60.0. The fourth-order valence-electron chi connectivity index (χ4n) is 2.81. The number of carbonyl (C=O) groups is 5. The number of aliphatic hydroxyl groups excluding tert-OH is 1. The van der Waals surface area contributed by atoms with Crippen LogP contribution >= 0.6 is 0 Å². The zero-order valence-electron chi connectivity index (χ0n) is 15.6. The number of nitrogens with one attached hydrogen (secondary N) is 2. The third-order valence-corrected chi connectivity index (χ3v) is 4.37. The first-order chi connectivity index (χ1) is 13.0. The second-order valence-electron chi connectivity index (χ2n) is 6.63. The van der Waals surface area contributed by atoms with Gasteiger partial charge in [0.25, 0.3) is 0 Å². The molecule has 0 spiro atoms. The molecule has 8 N–H and O–H groups in total. The molecule has 0 bridgehead atoms. The minimum atomic E-state index is -1.27. The Morgan fingerprint density at radius 1 is 1.25 bits per heavy atom. The van der Waals surface area contributed by atoms with E-state index in [0.29, 0.717) is 12.8 Å². The lowest BCUT2D eigenvalue weighted by atomic mass is 10.1. The van der Waals surface area contributed by atoms with E-state index in [-0.39, 0.29) is 19.4 Å². The maximum Gasteiger partial charge on any atom is 0.322 e. The van der Waals surface area contributed by atoms with E-state index in [1.807, 2.05) is 0 Å². The standard InChI is InChI=1S/C16H27N5O7/c1-8(22)13(18)16(28)21-6-2-3-10(21)15(27)20-9(4-5-11(17)23)14(26)19-7-12(24)25/h8-10,13,22H,2-7,18H2,1H3,(H2,17,23)(H,19,26)(H,20,27)(H,24,25). The highest BCUT2D eigenvalue weighted by Crippen LogP contribution is 2.19. The van der Waals surface area contributed by atoms with E-state index < -0.39 is 60.4 Å². The Morgan fingerprint density at radius 2 is 1.89 bits per heavy atom. The van der Waals surface area contributed by atoms with Gasteiger partial charge < -0.3 is 37.2 Å². The van der Waals surface area contributed by atoms with Crippen molar-refractivity contribution in [2.24, 2.45) is 11.5 Å². The molecule has 0 aromatic carbocycles. The summed E-state index contributed by atoms with van der Waals surface area (Å²) < 4.78 is 0. The quantitative estimate of drug-likeness (QED) is 0.217. The average Bonchev–Trinajstić information content (AvgIpc) is 3.11. The van der Waals surface area contributed by atoms with Crippen molar-refractivity contribution >= 4 is 29.6 Å². The summed E-state index contributed by atoms with van der Waals surface area (Å²) in [7, 11) is 0. The lowest BCUT2D eigenvalue weighted by molar-refractivity contribution is -0.142. The second kappa shape index (κ2) is 10.6. The van der Waals surface area contributed by atoms with Gasteiger partial charge in [-0.2, -0.15) is 0 Å². The van der Waals surface area contributed by atoms with Gasteiger partial charge in [0.15, 0.2) is 0 Å². The molecule has 28 heavy (non-hydrogen) atoms. The number of likely N-dealkylation sites (tertiary alicyclic amines) is 1. The van der Waals surface area contributed by atoms with Crippen LogP contribution in [0.1, 0.15) is 32.6 Å². The third kappa shape index (κ3) is 6.78. The molecule has 4 unspecified atom stereocenters. The van der Waals surface area contributed by atoms with Crippen LogP contribution in [0.3, 0.4) is 0 Å². The number of aliphatic carboxylic acids is 1. The fourth-order valence-corrected chi connectivity index (χ4v) is 2.81. The molecule has 1 aliphatic rings. The van der Waals surface area contributed by atoms with E-state index in [1.165, 1.54) is 11.8 Å². The first-order valence-electron chi connectivity index (χ1n) is 8.87. The van der Waals surface area contributed by atoms with Crippen molar-refractivity contribution < 1.29 is 34.2 Å². The van der Waals surface area contributed by atoms with Gasteiger partial charge in [-0.15, -0.1) is 0 Å². The van der Waals surface area contributed by atoms with Gasteiger partial charge in [0.1, 0.15) is 24.7 Å². The molecule has 12 nitrogen and oxygen atoms in total. The van der Waals surface area contributed by atoms with Crippen molar-refractivity contribution in [3.05, 3.63) is 0 Å². The Hall–Kier alpha value is -2.73. The van der Waals surface area contributed by atoms with Crippen LogP contribution in [0.15, 0.2) is 0 Å². The minimum Gasteiger partial charge on any atom is -0.480 e. The number of hydrogen-bond acceptors (Lipinski definition) is 7. The van der Waals surface area contributed by atoms with E-state index in [4.69, 9.17) is 16.6 Å². The number of amides is 4. The SMILES string of the molecule is CC(O)C(N)C(=O)N1CCCC1C(=O)NC(CCC(N)=O)C(=O)NCC(=O)O. The molecular weight excluding hydrogens is 374 g/mol. The van der Waals surface area contributed by atoms with Crippen LogP contribution in [-0.4, -0.2) is 82.0 Å². The molecule has 1 saturated heterocycles. The molecule has 0 saturated carbocycles. The van der Waals surface area contributed by atoms with Crippen LogP contribution in [0.25, 0.3) is 0 Å². The minimum absolute atomic E-state index is 0.125. The van der Waals surface area contributed by atoms with E-state index in [2.05, 4.69) is 10.6 Å². The summed E-state index contributed by atoms with van der Waals surface area (Å²) >= 11 is 0. The smallest absolute Gasteiger partial charge is 0.322 e. The highest BCUT2D eigenvalue weighted by Gasteiger charge is 2.38. The summed E-state index contributed by atoms with van der Waals surface area (Å²) in [5.41, 5.74) is 10.7. The van der Waals surface area contributed by atoms with Gasteiger partial charge in [-0.05, 0) is 26.2 Å². The number of carbonyl (C=O) groups excluding carboxylic acids is 4. The number of rotatable bonds is 10. The number of carboxylic acid groups (broad SMARTS) is 1. The molecule has 158 valence electrons. The number of nitrogens with two attached hydrogens (primary N) is 2. The predicted octanol–water partition coefficient (Wildman–Crippen LogP) is -3.36. The normalized spacial score (nSPS) is 19.4. The maximum atomic E-state index is 12.6. The number of nitrogens with zero attached hydrogens (tertiary/aromatic N) is 1. The Balaban J connectivity index is 2.83. The zero-order valence-corrected chi connectivity index (χ0v) is 15.6. The number of carboxylic acids is 1. The molecule has 4 amide bonds. The Bertz CT molecular complexity index is 625. The molecule has 0 aromatic rings. The summed E-state index contributed by atoms with van der Waals surface area (Å²) in [6, 6.07) is -3.26. The van der Waals surface area contributed by atoms with Crippen LogP contribution in [0.2, 0.25) is 0 Å². The van der Waals surface area contributed by atoms with Crippen LogP contribution in [0.5, 0.6) is 0 Å². The molecule has 0 aromatic heterocycles. The van der Waals surface area contributed by atoms with Crippen LogP contribution in [0.4, 0.5) is 0 Å². The number of hydrogen-bond donors (Lipinski definition) is 6. The molecule has 12 heteroatoms. The van der Waals surface area contributed by atoms with E-state index in [9.17, 15) is 29.1 Å². The summed E-state index contributed by atoms with van der Waals surface area (Å²) in [5.74, 6) is -3.97. The van der Waals surface area contributed by atoms with Gasteiger partial charge in [-0.25, -0.2) is 0 Å². The van der Waals surface area contributed by atoms with Crippen molar-refractivity contribution in [1.82, 2.24) is 15.5 Å². The van der Waals surface area contributed by atoms with Gasteiger partial charge in [-0.1, -0.05) is 0 Å². The Morgan fingerprint density at radius 3 is 2.43 bits per heavy atom. The Kier molecular flexibility index (Phi) is 8.79. The molecule has 0 aliphatic carbocycles. The number of aliphatic hydroxyl groups is 1. The van der Waals surface area contributed by atoms with Gasteiger partial charge in [0.2, 0.25) is 23.6 Å². The molecule has 1 aliphatic heterocycles. The topological polar surface area (TPSA) is 205 Å². The van der Waals surface area contributed by atoms with Crippen molar-refractivity contribution in [1.29, 1.82) is 0 Å². The maximum absolute atomic E-state index is 12.6. The van der Waals surface area contributed by atoms with Crippen molar-refractivity contribution in [2.75, 3.05) is 13.1 Å². The first kappa shape index (κ1) is 23.3. The molecule has 0 radical (unpaired) electrons. The van der Waals surface area contributed by atoms with Gasteiger partial charge in [0.05, 0.1) is 6.10 Å². The van der Waals surface area contributed by atoms with Crippen LogP contribution in [-0.2, 0) is 24.0 Å². The Labute approximate surface area is 161 Å². The molecule has 1 heterocycles. The number of primary amides is 1. The van der Waals surface area contributed by atoms with E-state index in [0.717, 1.165) is 0 Å². The highest BCUT2D eigenvalue weighted by molar-refractivity contribution is 5.94. The molecule has 4 atom stereocenters. The predicted molar refractivity (Wildman–Crippen MR) is 95.4 cm³/mol. The monoisotopic (exact) mass is 401 g/mol. The van der Waals surface area contributed by atoms with Gasteiger partial charge in [0, 0.05) is 13.0 Å². The van der Waals surface area contributed by atoms with Gasteiger partial charge in [-0.3, -0.25) is 24.0 Å². The van der Waals surface area contributed by atoms with Gasteiger partial charge >= 0.3 is 5.97 Å². The summed E-state index contributed by atoms with van der Waals surface area (Å²) in [6.07, 6.45) is -0.551. The fraction of sp³-hybridized carbons (Fsp3) is 0.688. The van der Waals surface area contributed by atoms with Crippen molar-refractivity contribution in [2.45, 2.75) is 56.8 Å². The average molecular weight is 401 g/mol. The summed E-state index contributed by atoms with van der Waals surface area (Å²) in [5, 5.41) is 22.7. The van der Waals surface area contributed by atoms with E-state index in [1.54, 1.807) is 0 Å². The first-order valence-corrected chi connectivity index (χ1v) is 8.87. The van der Waals surface area contributed by atoms with Crippen LogP contribution < -0.4 is 22.1 Å². The molecular formula is C16H27N5O7. The van der Waals surface area contributed by atoms with Crippen molar-refractivity contribution in [3.8, 4) is 0 Å². The third-order valence-electron chi connectivity index (χ3n) is 4.37. The lowest BCUT2D eigenvalue weighted by Crippen LogP contribution is -2.57. The van der Waals surface area contributed by atoms with Crippen LogP contribution in [0, 0.1) is 0 Å². The second-order valence-corrected chi connectivity index (χ2v) is 6.63. The largest absolute Gasteiger partial charge is 0.480 e. The molecule has 1 rings (SSSR count). The zero-order chi connectivity index (χ0) is 21.4.